The highest BCUT2D eigenvalue weighted by Gasteiger charge is 2.13. The van der Waals surface area contributed by atoms with Crippen molar-refractivity contribution in [2.24, 2.45) is 0 Å². The topological polar surface area (TPSA) is 58.2 Å². The summed E-state index contributed by atoms with van der Waals surface area (Å²) in [6.45, 7) is 0.313. The van der Waals surface area contributed by atoms with Gasteiger partial charge < -0.3 is 10.6 Å². The zero-order chi connectivity index (χ0) is 13.7. The van der Waals surface area contributed by atoms with E-state index in [0.29, 0.717) is 12.2 Å². The summed E-state index contributed by atoms with van der Waals surface area (Å²) in [7, 11) is 0. The molecular formula is C13H11FN2O2S. The summed E-state index contributed by atoms with van der Waals surface area (Å²) in [5.41, 5.74) is 0.373. The lowest BCUT2D eigenvalue weighted by Crippen LogP contribution is -2.34. The lowest BCUT2D eigenvalue weighted by Gasteiger charge is -2.05. The van der Waals surface area contributed by atoms with E-state index in [9.17, 15) is 14.0 Å². The van der Waals surface area contributed by atoms with Crippen molar-refractivity contribution in [1.82, 2.24) is 5.32 Å². The third-order valence-corrected chi connectivity index (χ3v) is 3.19. The van der Waals surface area contributed by atoms with Crippen LogP contribution in [-0.2, 0) is 16.1 Å². The van der Waals surface area contributed by atoms with Crippen LogP contribution in [0.1, 0.15) is 4.88 Å². The average Bonchev–Trinajstić information content (AvgIpc) is 2.91. The van der Waals surface area contributed by atoms with Gasteiger partial charge >= 0.3 is 11.8 Å². The Kier molecular flexibility index (Phi) is 4.25. The van der Waals surface area contributed by atoms with Crippen LogP contribution in [0.15, 0.2) is 41.8 Å². The van der Waals surface area contributed by atoms with E-state index in [0.717, 1.165) is 4.88 Å². The molecule has 0 unspecified atom stereocenters. The molecule has 0 fully saturated rings. The zero-order valence-corrected chi connectivity index (χ0v) is 10.7. The van der Waals surface area contributed by atoms with Crippen molar-refractivity contribution in [1.29, 1.82) is 0 Å². The van der Waals surface area contributed by atoms with Gasteiger partial charge in [0, 0.05) is 10.6 Å². The molecule has 19 heavy (non-hydrogen) atoms. The van der Waals surface area contributed by atoms with Crippen molar-refractivity contribution >= 4 is 28.8 Å². The number of thiophene rings is 1. The molecule has 1 heterocycles. The fourth-order valence-corrected chi connectivity index (χ4v) is 2.03. The third kappa shape index (κ3) is 3.89. The van der Waals surface area contributed by atoms with Crippen molar-refractivity contribution in [3.05, 3.63) is 52.5 Å². The van der Waals surface area contributed by atoms with E-state index in [-0.39, 0.29) is 0 Å². The maximum absolute atomic E-state index is 12.7. The van der Waals surface area contributed by atoms with Crippen LogP contribution in [0.5, 0.6) is 0 Å². The number of nitrogens with one attached hydrogen (secondary N) is 2. The Bertz CT molecular complexity index is 567. The van der Waals surface area contributed by atoms with Gasteiger partial charge in [-0.1, -0.05) is 6.07 Å². The molecule has 0 saturated heterocycles. The summed E-state index contributed by atoms with van der Waals surface area (Å²) < 4.78 is 12.7. The number of carbonyl (C=O) groups excluding carboxylic acids is 2. The number of halogens is 1. The number of rotatable bonds is 3. The highest BCUT2D eigenvalue weighted by molar-refractivity contribution is 7.09. The van der Waals surface area contributed by atoms with Gasteiger partial charge in [0.1, 0.15) is 5.82 Å². The predicted octanol–water partition coefficient (Wildman–Crippen LogP) is 2.14. The molecule has 0 spiro atoms. The quantitative estimate of drug-likeness (QED) is 0.845. The second kappa shape index (κ2) is 6.10. The van der Waals surface area contributed by atoms with Crippen molar-refractivity contribution < 1.29 is 14.0 Å². The SMILES string of the molecule is O=C(NCc1cccs1)C(=O)Nc1ccc(F)cc1. The molecule has 0 saturated carbocycles. The van der Waals surface area contributed by atoms with Crippen LogP contribution in [0.25, 0.3) is 0 Å². The Morgan fingerprint density at radius 2 is 1.84 bits per heavy atom. The van der Waals surface area contributed by atoms with E-state index in [2.05, 4.69) is 10.6 Å². The first-order valence-corrected chi connectivity index (χ1v) is 6.40. The first kappa shape index (κ1) is 13.2. The lowest BCUT2D eigenvalue weighted by molar-refractivity contribution is -0.136. The van der Waals surface area contributed by atoms with Crippen LogP contribution in [-0.4, -0.2) is 11.8 Å². The normalized spacial score (nSPS) is 9.95. The van der Waals surface area contributed by atoms with E-state index >= 15 is 0 Å². The Morgan fingerprint density at radius 3 is 2.47 bits per heavy atom. The van der Waals surface area contributed by atoms with E-state index < -0.39 is 17.6 Å². The maximum Gasteiger partial charge on any atom is 0.313 e. The van der Waals surface area contributed by atoms with E-state index in [4.69, 9.17) is 0 Å². The minimum Gasteiger partial charge on any atom is -0.343 e. The largest absolute Gasteiger partial charge is 0.343 e. The van der Waals surface area contributed by atoms with E-state index in [1.54, 1.807) is 0 Å². The molecule has 2 amide bonds. The molecule has 0 aliphatic heterocycles. The molecule has 4 nitrogen and oxygen atoms in total. The summed E-state index contributed by atoms with van der Waals surface area (Å²) in [5, 5.41) is 6.78. The first-order valence-electron chi connectivity index (χ1n) is 5.52. The van der Waals surface area contributed by atoms with Gasteiger partial charge in [-0.05, 0) is 35.7 Å². The molecule has 0 aliphatic carbocycles. The van der Waals surface area contributed by atoms with Gasteiger partial charge in [0.2, 0.25) is 0 Å². The number of anilines is 1. The zero-order valence-electron chi connectivity index (χ0n) is 9.85. The smallest absolute Gasteiger partial charge is 0.313 e. The van der Waals surface area contributed by atoms with Crippen LogP contribution >= 0.6 is 11.3 Å². The molecule has 0 aliphatic rings. The van der Waals surface area contributed by atoms with Gasteiger partial charge in [0.15, 0.2) is 0 Å². The van der Waals surface area contributed by atoms with Crippen LogP contribution in [0, 0.1) is 5.82 Å². The molecule has 6 heteroatoms. The highest BCUT2D eigenvalue weighted by Crippen LogP contribution is 2.09. The molecule has 2 rings (SSSR count). The van der Waals surface area contributed by atoms with Crippen molar-refractivity contribution in [3.63, 3.8) is 0 Å². The molecule has 2 aromatic rings. The number of carbonyl (C=O) groups is 2. The minimum absolute atomic E-state index is 0.313. The summed E-state index contributed by atoms with van der Waals surface area (Å²) in [6, 6.07) is 8.92. The molecule has 0 radical (unpaired) electrons. The Balaban J connectivity index is 1.85. The standard InChI is InChI=1S/C13H11FN2O2S/c14-9-3-5-10(6-4-9)16-13(18)12(17)15-8-11-2-1-7-19-11/h1-7H,8H2,(H,15,17)(H,16,18). The van der Waals surface area contributed by atoms with E-state index in [1.165, 1.54) is 35.6 Å². The summed E-state index contributed by atoms with van der Waals surface area (Å²) >= 11 is 1.49. The van der Waals surface area contributed by atoms with Crippen LogP contribution in [0.3, 0.4) is 0 Å². The van der Waals surface area contributed by atoms with Gasteiger partial charge in [-0.25, -0.2) is 4.39 Å². The molecule has 0 atom stereocenters. The molecule has 1 aromatic heterocycles. The van der Waals surface area contributed by atoms with Crippen LogP contribution in [0.2, 0.25) is 0 Å². The first-order chi connectivity index (χ1) is 9.15. The van der Waals surface area contributed by atoms with Gasteiger partial charge in [-0.2, -0.15) is 0 Å². The predicted molar refractivity (Wildman–Crippen MR) is 71.2 cm³/mol. The fraction of sp³-hybridized carbons (Fsp3) is 0.0769. The number of hydrogen-bond donors (Lipinski definition) is 2. The van der Waals surface area contributed by atoms with Crippen molar-refractivity contribution in [3.8, 4) is 0 Å². The van der Waals surface area contributed by atoms with Gasteiger partial charge in [-0.15, -0.1) is 11.3 Å². The van der Waals surface area contributed by atoms with Gasteiger partial charge in [0.25, 0.3) is 0 Å². The molecule has 98 valence electrons. The third-order valence-electron chi connectivity index (χ3n) is 2.31. The fourth-order valence-electron chi connectivity index (χ4n) is 1.38. The van der Waals surface area contributed by atoms with Gasteiger partial charge in [0.05, 0.1) is 6.54 Å². The second-order valence-corrected chi connectivity index (χ2v) is 4.76. The van der Waals surface area contributed by atoms with Crippen LogP contribution in [0.4, 0.5) is 10.1 Å². The Labute approximate surface area is 113 Å². The maximum atomic E-state index is 12.7. The number of hydrogen-bond acceptors (Lipinski definition) is 3. The van der Waals surface area contributed by atoms with E-state index in [1.807, 2.05) is 17.5 Å². The van der Waals surface area contributed by atoms with Crippen LogP contribution < -0.4 is 10.6 Å². The van der Waals surface area contributed by atoms with Crippen molar-refractivity contribution in [2.45, 2.75) is 6.54 Å². The molecule has 2 N–H and O–H groups in total. The minimum atomic E-state index is -0.775. The van der Waals surface area contributed by atoms with Crippen molar-refractivity contribution in [2.75, 3.05) is 5.32 Å². The molecular weight excluding hydrogens is 267 g/mol. The molecule has 1 aromatic carbocycles. The average molecular weight is 278 g/mol. The second-order valence-electron chi connectivity index (χ2n) is 3.72. The number of amides is 2. The molecule has 0 bridgehead atoms. The summed E-state index contributed by atoms with van der Waals surface area (Å²) in [4.78, 5) is 24.0. The summed E-state index contributed by atoms with van der Waals surface area (Å²) in [5.74, 6) is -1.90. The highest BCUT2D eigenvalue weighted by atomic mass is 32.1. The lowest BCUT2D eigenvalue weighted by atomic mass is 10.3. The summed E-state index contributed by atoms with van der Waals surface area (Å²) in [6.07, 6.45) is 0. The number of benzene rings is 1. The Hall–Kier alpha value is -2.21. The van der Waals surface area contributed by atoms with Gasteiger partial charge in [-0.3, -0.25) is 9.59 Å². The monoisotopic (exact) mass is 278 g/mol. The Morgan fingerprint density at radius 1 is 1.11 bits per heavy atom.